The Balaban J connectivity index is 1.60. The maximum atomic E-state index is 12.3. The van der Waals surface area contributed by atoms with Crippen LogP contribution in [0.2, 0.25) is 0 Å². The van der Waals surface area contributed by atoms with Crippen molar-refractivity contribution >= 4 is 0 Å². The number of hydrogen-bond donors (Lipinski definition) is 0. The van der Waals surface area contributed by atoms with Gasteiger partial charge in [-0.15, -0.1) is 0 Å². The molecule has 4 rings (SSSR count). The first kappa shape index (κ1) is 19.4. The normalized spacial score (nSPS) is 10.8. The van der Waals surface area contributed by atoms with Gasteiger partial charge in [0.15, 0.2) is 0 Å². The number of methoxy groups -OCH3 is 1. The number of hydrogen-bond acceptors (Lipinski definition) is 6. The van der Waals surface area contributed by atoms with Gasteiger partial charge in [0.1, 0.15) is 12.4 Å². The van der Waals surface area contributed by atoms with Gasteiger partial charge in [0.25, 0.3) is 0 Å². The van der Waals surface area contributed by atoms with Gasteiger partial charge in [0.2, 0.25) is 5.88 Å². The molecule has 0 fully saturated rings. The fraction of sp³-hybridized carbons (Fsp3) is 0.182. The van der Waals surface area contributed by atoms with Crippen molar-refractivity contribution < 1.29 is 9.47 Å². The summed E-state index contributed by atoms with van der Waals surface area (Å²) in [5, 5.41) is 7.74. The highest BCUT2D eigenvalue weighted by atomic mass is 16.5. The minimum absolute atomic E-state index is 0.240. The SMILES string of the molecule is COc1ccc(-c2cccc(OCc3c(C)cccc3-n3nnn(C)c3=O)n2)cc1. The average Bonchev–Trinajstić information content (AvgIpc) is 3.11. The standard InChI is InChI=1S/C22H21N5O3/c1-15-6-4-8-20(27-22(28)26(2)24-25-27)18(15)14-30-21-9-5-7-19(23-21)16-10-12-17(29-3)13-11-16/h4-13H,14H2,1-3H3. The number of aromatic nitrogens is 5. The van der Waals surface area contributed by atoms with E-state index in [-0.39, 0.29) is 12.3 Å². The van der Waals surface area contributed by atoms with Crippen molar-refractivity contribution in [3.8, 4) is 28.6 Å². The number of rotatable bonds is 6. The Hall–Kier alpha value is -3.94. The minimum Gasteiger partial charge on any atom is -0.497 e. The van der Waals surface area contributed by atoms with Gasteiger partial charge in [-0.1, -0.05) is 18.2 Å². The van der Waals surface area contributed by atoms with Gasteiger partial charge < -0.3 is 9.47 Å². The van der Waals surface area contributed by atoms with Crippen LogP contribution >= 0.6 is 0 Å². The van der Waals surface area contributed by atoms with Crippen LogP contribution in [0.15, 0.2) is 65.5 Å². The molecule has 0 spiro atoms. The third kappa shape index (κ3) is 3.80. The smallest absolute Gasteiger partial charge is 0.368 e. The van der Waals surface area contributed by atoms with Gasteiger partial charge in [0.05, 0.1) is 18.5 Å². The van der Waals surface area contributed by atoms with Crippen LogP contribution in [-0.4, -0.2) is 31.9 Å². The zero-order valence-electron chi connectivity index (χ0n) is 16.9. The van der Waals surface area contributed by atoms with Gasteiger partial charge in [-0.25, -0.2) is 9.78 Å². The Morgan fingerprint density at radius 1 is 0.967 bits per heavy atom. The van der Waals surface area contributed by atoms with Crippen LogP contribution < -0.4 is 15.2 Å². The van der Waals surface area contributed by atoms with Gasteiger partial charge in [-0.3, -0.25) is 0 Å². The van der Waals surface area contributed by atoms with Crippen LogP contribution in [0, 0.1) is 6.92 Å². The first-order chi connectivity index (χ1) is 14.6. The number of nitrogens with zero attached hydrogens (tertiary/aromatic N) is 5. The van der Waals surface area contributed by atoms with E-state index in [0.29, 0.717) is 11.6 Å². The van der Waals surface area contributed by atoms with Crippen LogP contribution in [-0.2, 0) is 13.7 Å². The molecule has 0 atom stereocenters. The first-order valence-electron chi connectivity index (χ1n) is 9.39. The Labute approximate surface area is 173 Å². The van der Waals surface area contributed by atoms with Crippen LogP contribution in [0.5, 0.6) is 11.6 Å². The summed E-state index contributed by atoms with van der Waals surface area (Å²) in [6, 6.07) is 19.0. The molecule has 0 aliphatic carbocycles. The van der Waals surface area contributed by atoms with Crippen LogP contribution in [0.25, 0.3) is 16.9 Å². The van der Waals surface area contributed by atoms with E-state index < -0.39 is 0 Å². The highest BCUT2D eigenvalue weighted by Gasteiger charge is 2.14. The highest BCUT2D eigenvalue weighted by Crippen LogP contribution is 2.24. The highest BCUT2D eigenvalue weighted by molar-refractivity contribution is 5.60. The van der Waals surface area contributed by atoms with Crippen molar-refractivity contribution in [3.63, 3.8) is 0 Å². The van der Waals surface area contributed by atoms with Crippen molar-refractivity contribution in [2.75, 3.05) is 7.11 Å². The molecule has 0 aliphatic rings. The molecule has 2 heterocycles. The Morgan fingerprint density at radius 2 is 1.73 bits per heavy atom. The molecule has 8 heteroatoms. The van der Waals surface area contributed by atoms with E-state index in [1.165, 1.54) is 9.36 Å². The van der Waals surface area contributed by atoms with Gasteiger partial charge >= 0.3 is 5.69 Å². The molecule has 0 unspecified atom stereocenters. The number of benzene rings is 2. The van der Waals surface area contributed by atoms with Crippen LogP contribution in [0.4, 0.5) is 0 Å². The molecule has 152 valence electrons. The van der Waals surface area contributed by atoms with Crippen molar-refractivity contribution in [1.82, 2.24) is 24.8 Å². The minimum atomic E-state index is -0.318. The van der Waals surface area contributed by atoms with Crippen molar-refractivity contribution in [3.05, 3.63) is 82.3 Å². The monoisotopic (exact) mass is 403 g/mol. The van der Waals surface area contributed by atoms with E-state index in [0.717, 1.165) is 28.1 Å². The summed E-state index contributed by atoms with van der Waals surface area (Å²) < 4.78 is 13.6. The zero-order valence-corrected chi connectivity index (χ0v) is 16.9. The molecule has 0 amide bonds. The number of tetrazole rings is 1. The Morgan fingerprint density at radius 3 is 2.43 bits per heavy atom. The van der Waals surface area contributed by atoms with Gasteiger partial charge in [-0.2, -0.15) is 9.36 Å². The molecule has 0 radical (unpaired) electrons. The molecular formula is C22H21N5O3. The van der Waals surface area contributed by atoms with Crippen molar-refractivity contribution in [1.29, 1.82) is 0 Å². The summed E-state index contributed by atoms with van der Waals surface area (Å²) in [4.78, 5) is 16.9. The lowest BCUT2D eigenvalue weighted by Gasteiger charge is -2.13. The van der Waals surface area contributed by atoms with Gasteiger partial charge in [0, 0.05) is 24.2 Å². The second-order valence-corrected chi connectivity index (χ2v) is 6.75. The predicted octanol–water partition coefficient (Wildman–Crippen LogP) is 2.92. The summed E-state index contributed by atoms with van der Waals surface area (Å²) in [7, 11) is 3.20. The van der Waals surface area contributed by atoms with Crippen molar-refractivity contribution in [2.24, 2.45) is 7.05 Å². The topological polar surface area (TPSA) is 84.1 Å². The van der Waals surface area contributed by atoms with E-state index in [1.807, 2.05) is 61.5 Å². The lowest BCUT2D eigenvalue weighted by Crippen LogP contribution is -2.23. The summed E-state index contributed by atoms with van der Waals surface area (Å²) >= 11 is 0. The number of aryl methyl sites for hydroxylation is 2. The third-order valence-electron chi connectivity index (χ3n) is 4.81. The van der Waals surface area contributed by atoms with Crippen molar-refractivity contribution in [2.45, 2.75) is 13.5 Å². The second kappa shape index (κ2) is 8.20. The molecule has 0 saturated heterocycles. The fourth-order valence-corrected chi connectivity index (χ4v) is 3.10. The fourth-order valence-electron chi connectivity index (χ4n) is 3.10. The number of ether oxygens (including phenoxy) is 2. The first-order valence-corrected chi connectivity index (χ1v) is 9.39. The second-order valence-electron chi connectivity index (χ2n) is 6.75. The third-order valence-corrected chi connectivity index (χ3v) is 4.81. The van der Waals surface area contributed by atoms with Gasteiger partial charge in [-0.05, 0) is 59.3 Å². The maximum Gasteiger partial charge on any atom is 0.368 e. The summed E-state index contributed by atoms with van der Waals surface area (Å²) in [6.45, 7) is 2.20. The average molecular weight is 403 g/mol. The molecule has 0 N–H and O–H groups in total. The summed E-state index contributed by atoms with van der Waals surface area (Å²) in [6.07, 6.45) is 0. The molecule has 4 aromatic rings. The largest absolute Gasteiger partial charge is 0.497 e. The summed E-state index contributed by atoms with van der Waals surface area (Å²) in [5.41, 5.74) is 3.91. The summed E-state index contributed by atoms with van der Waals surface area (Å²) in [5.74, 6) is 1.28. The Kier molecular flexibility index (Phi) is 5.30. The van der Waals surface area contributed by atoms with E-state index in [1.54, 1.807) is 20.2 Å². The molecule has 0 saturated carbocycles. The molecule has 0 bridgehead atoms. The molecule has 30 heavy (non-hydrogen) atoms. The van der Waals surface area contributed by atoms with E-state index in [2.05, 4.69) is 15.4 Å². The van der Waals surface area contributed by atoms with E-state index in [9.17, 15) is 4.79 Å². The molecule has 2 aromatic carbocycles. The maximum absolute atomic E-state index is 12.3. The molecule has 0 aliphatic heterocycles. The molecular weight excluding hydrogens is 382 g/mol. The van der Waals surface area contributed by atoms with E-state index >= 15 is 0 Å². The van der Waals surface area contributed by atoms with E-state index in [4.69, 9.17) is 9.47 Å². The Bertz CT molecular complexity index is 1230. The lowest BCUT2D eigenvalue weighted by molar-refractivity contribution is 0.293. The quantitative estimate of drug-likeness (QED) is 0.492. The molecule has 8 nitrogen and oxygen atoms in total. The molecule has 2 aromatic heterocycles. The number of pyridine rings is 1. The van der Waals surface area contributed by atoms with Crippen LogP contribution in [0.1, 0.15) is 11.1 Å². The predicted molar refractivity (Wildman–Crippen MR) is 112 cm³/mol. The lowest BCUT2D eigenvalue weighted by atomic mass is 10.1. The van der Waals surface area contributed by atoms with Crippen LogP contribution in [0.3, 0.4) is 0 Å². The zero-order chi connectivity index (χ0) is 21.1.